The van der Waals surface area contributed by atoms with Gasteiger partial charge < -0.3 is 5.32 Å². The van der Waals surface area contributed by atoms with Crippen LogP contribution >= 0.6 is 0 Å². The van der Waals surface area contributed by atoms with Gasteiger partial charge in [-0.05, 0) is 26.8 Å². The molecule has 1 rings (SSSR count). The second-order valence-corrected chi connectivity index (χ2v) is 2.54. The van der Waals surface area contributed by atoms with Crippen LogP contribution in [0.25, 0.3) is 0 Å². The van der Waals surface area contributed by atoms with Crippen molar-refractivity contribution in [2.75, 3.05) is 7.05 Å². The summed E-state index contributed by atoms with van der Waals surface area (Å²) in [7, 11) is 1.80. The highest BCUT2D eigenvalue weighted by Crippen LogP contribution is 2.42. The highest BCUT2D eigenvalue weighted by Gasteiger charge is 2.47. The van der Waals surface area contributed by atoms with Crippen LogP contribution in [0.2, 0.25) is 0 Å². The summed E-state index contributed by atoms with van der Waals surface area (Å²) >= 11 is 0. The highest BCUT2D eigenvalue weighted by molar-refractivity contribution is 5.01. The maximum absolute atomic E-state index is 12.8. The van der Waals surface area contributed by atoms with Crippen molar-refractivity contribution < 1.29 is 4.39 Å². The fourth-order valence-corrected chi connectivity index (χ4v) is 0.811. The number of nitrogens with one attached hydrogen (secondary N) is 1. The maximum atomic E-state index is 12.8. The molecule has 1 fully saturated rings. The largest absolute Gasteiger partial charge is 0.314 e. The van der Waals surface area contributed by atoms with Crippen LogP contribution in [0.3, 0.4) is 0 Å². The van der Waals surface area contributed by atoms with E-state index in [1.54, 1.807) is 7.05 Å². The Kier molecular flexibility index (Phi) is 1.27. The molecule has 0 heterocycles. The molecule has 0 aromatic heterocycles. The van der Waals surface area contributed by atoms with E-state index in [4.69, 9.17) is 0 Å². The molecule has 0 aromatic rings. The maximum Gasteiger partial charge on any atom is 0.126 e. The van der Waals surface area contributed by atoms with Gasteiger partial charge in [-0.3, -0.25) is 0 Å². The van der Waals surface area contributed by atoms with Gasteiger partial charge in [0.1, 0.15) is 5.67 Å². The van der Waals surface area contributed by atoms with Gasteiger partial charge in [0.2, 0.25) is 0 Å². The zero-order valence-electron chi connectivity index (χ0n) is 5.37. The molecule has 1 aliphatic rings. The molecule has 0 aliphatic heterocycles. The molecule has 0 saturated heterocycles. The van der Waals surface area contributed by atoms with E-state index in [2.05, 4.69) is 5.32 Å². The van der Waals surface area contributed by atoms with Crippen molar-refractivity contribution >= 4 is 0 Å². The van der Waals surface area contributed by atoms with Crippen LogP contribution in [0.15, 0.2) is 0 Å². The van der Waals surface area contributed by atoms with Crippen molar-refractivity contribution in [3.05, 3.63) is 0 Å². The van der Waals surface area contributed by atoms with Crippen molar-refractivity contribution in [1.82, 2.24) is 5.32 Å². The van der Waals surface area contributed by atoms with E-state index in [9.17, 15) is 4.39 Å². The van der Waals surface area contributed by atoms with Gasteiger partial charge in [0.05, 0.1) is 0 Å². The number of hydrogen-bond donors (Lipinski definition) is 1. The van der Waals surface area contributed by atoms with Gasteiger partial charge in [-0.25, -0.2) is 4.39 Å². The monoisotopic (exact) mass is 117 g/mol. The lowest BCUT2D eigenvalue weighted by Crippen LogP contribution is -2.33. The van der Waals surface area contributed by atoms with Gasteiger partial charge in [-0.1, -0.05) is 0 Å². The third kappa shape index (κ3) is 0.848. The Labute approximate surface area is 49.3 Å². The molecule has 1 nitrogen and oxygen atoms in total. The average Bonchev–Trinajstić information content (AvgIpc) is 2.47. The first-order valence-corrected chi connectivity index (χ1v) is 3.05. The van der Waals surface area contributed by atoms with Crippen molar-refractivity contribution in [3.8, 4) is 0 Å². The fourth-order valence-electron chi connectivity index (χ4n) is 0.811. The Morgan fingerprint density at radius 3 is 2.25 bits per heavy atom. The van der Waals surface area contributed by atoms with Crippen molar-refractivity contribution in [2.24, 2.45) is 0 Å². The molecule has 0 amide bonds. The average molecular weight is 117 g/mol. The van der Waals surface area contributed by atoms with E-state index < -0.39 is 5.67 Å². The summed E-state index contributed by atoms with van der Waals surface area (Å²) < 4.78 is 12.8. The molecular formula is C6H12FN. The highest BCUT2D eigenvalue weighted by atomic mass is 19.1. The van der Waals surface area contributed by atoms with Crippen LogP contribution in [0.4, 0.5) is 4.39 Å². The quantitative estimate of drug-likeness (QED) is 0.571. The summed E-state index contributed by atoms with van der Waals surface area (Å²) in [6.07, 6.45) is 1.49. The van der Waals surface area contributed by atoms with Crippen LogP contribution in [0.1, 0.15) is 19.8 Å². The van der Waals surface area contributed by atoms with Crippen LogP contribution in [0, 0.1) is 0 Å². The van der Waals surface area contributed by atoms with E-state index in [0.717, 1.165) is 12.8 Å². The first-order chi connectivity index (χ1) is 3.69. The van der Waals surface area contributed by atoms with E-state index in [1.165, 1.54) is 0 Å². The summed E-state index contributed by atoms with van der Waals surface area (Å²) in [6.45, 7) is 1.88. The van der Waals surface area contributed by atoms with Gasteiger partial charge >= 0.3 is 0 Å². The van der Waals surface area contributed by atoms with Gasteiger partial charge in [-0.2, -0.15) is 0 Å². The van der Waals surface area contributed by atoms with E-state index in [-0.39, 0.29) is 6.04 Å². The van der Waals surface area contributed by atoms with Gasteiger partial charge in [0.15, 0.2) is 0 Å². The third-order valence-corrected chi connectivity index (χ3v) is 1.94. The van der Waals surface area contributed by atoms with Crippen LogP contribution in [0.5, 0.6) is 0 Å². The molecule has 8 heavy (non-hydrogen) atoms. The Balaban J connectivity index is 2.34. The second kappa shape index (κ2) is 1.69. The van der Waals surface area contributed by atoms with Crippen LogP contribution in [-0.2, 0) is 0 Å². The lowest BCUT2D eigenvalue weighted by atomic mass is 10.2. The molecule has 2 heteroatoms. The van der Waals surface area contributed by atoms with Crippen LogP contribution < -0.4 is 5.32 Å². The van der Waals surface area contributed by atoms with Gasteiger partial charge in [0.25, 0.3) is 0 Å². The molecule has 1 N–H and O–H groups in total. The minimum Gasteiger partial charge on any atom is -0.314 e. The first kappa shape index (κ1) is 6.02. The lowest BCUT2D eigenvalue weighted by molar-refractivity contribution is 0.244. The molecule has 1 saturated carbocycles. The first-order valence-electron chi connectivity index (χ1n) is 3.05. The Morgan fingerprint density at radius 1 is 1.62 bits per heavy atom. The molecule has 0 bridgehead atoms. The zero-order chi connectivity index (χ0) is 6.20. The molecule has 0 aromatic carbocycles. The predicted molar refractivity (Wildman–Crippen MR) is 31.6 cm³/mol. The minimum absolute atomic E-state index is 0.0440. The summed E-state index contributed by atoms with van der Waals surface area (Å²) in [4.78, 5) is 0. The number of hydrogen-bond acceptors (Lipinski definition) is 1. The summed E-state index contributed by atoms with van der Waals surface area (Å²) in [6, 6.07) is 0.0440. The fraction of sp³-hybridized carbons (Fsp3) is 1.00. The second-order valence-electron chi connectivity index (χ2n) is 2.54. The van der Waals surface area contributed by atoms with E-state index in [0.29, 0.717) is 0 Å². The van der Waals surface area contributed by atoms with Gasteiger partial charge in [-0.15, -0.1) is 0 Å². The number of rotatable bonds is 2. The smallest absolute Gasteiger partial charge is 0.126 e. The van der Waals surface area contributed by atoms with Crippen molar-refractivity contribution in [1.29, 1.82) is 0 Å². The van der Waals surface area contributed by atoms with Crippen molar-refractivity contribution in [3.63, 3.8) is 0 Å². The molecule has 1 atom stereocenters. The zero-order valence-corrected chi connectivity index (χ0v) is 5.37. The normalized spacial score (nSPS) is 27.4. The molecule has 0 radical (unpaired) electrons. The Hall–Kier alpha value is -0.110. The molecule has 0 spiro atoms. The predicted octanol–water partition coefficient (Wildman–Crippen LogP) is 1.10. The summed E-state index contributed by atoms with van der Waals surface area (Å²) in [5, 5.41) is 2.89. The molecule has 48 valence electrons. The molecule has 1 aliphatic carbocycles. The molecule has 1 unspecified atom stereocenters. The Morgan fingerprint density at radius 2 is 2.12 bits per heavy atom. The van der Waals surface area contributed by atoms with E-state index in [1.807, 2.05) is 6.92 Å². The summed E-state index contributed by atoms with van der Waals surface area (Å²) in [5.41, 5.74) is -0.852. The third-order valence-electron chi connectivity index (χ3n) is 1.94. The van der Waals surface area contributed by atoms with Crippen LogP contribution in [-0.4, -0.2) is 18.8 Å². The number of alkyl halides is 1. The Bertz CT molecular complexity index is 88.5. The summed E-state index contributed by atoms with van der Waals surface area (Å²) in [5.74, 6) is 0. The standard InChI is InChI=1S/C6H12FN/c1-5(8-2)6(7)3-4-6/h5,8H,3-4H2,1-2H3. The van der Waals surface area contributed by atoms with Crippen molar-refractivity contribution in [2.45, 2.75) is 31.5 Å². The topological polar surface area (TPSA) is 12.0 Å². The SMILES string of the molecule is CNC(C)C1(F)CC1. The number of halogens is 1. The minimum atomic E-state index is -0.852. The van der Waals surface area contributed by atoms with Gasteiger partial charge in [0, 0.05) is 6.04 Å². The lowest BCUT2D eigenvalue weighted by Gasteiger charge is -2.12. The molecular weight excluding hydrogens is 105 g/mol. The van der Waals surface area contributed by atoms with E-state index >= 15 is 0 Å².